The summed E-state index contributed by atoms with van der Waals surface area (Å²) in [5, 5.41) is 0. The third kappa shape index (κ3) is 5.89. The first kappa shape index (κ1) is 19.5. The quantitative estimate of drug-likeness (QED) is 0.691. The van der Waals surface area contributed by atoms with Crippen LogP contribution in [-0.4, -0.2) is 99.1 Å². The van der Waals surface area contributed by atoms with Gasteiger partial charge in [0.2, 0.25) is 5.91 Å². The fraction of sp³-hybridized carbons (Fsp3) is 0.929. The topological polar surface area (TPSA) is 60.9 Å². The highest BCUT2D eigenvalue weighted by molar-refractivity contribution is 7.91. The van der Waals surface area contributed by atoms with Crippen LogP contribution in [0, 0.1) is 0 Å². The molecule has 0 aliphatic carbocycles. The van der Waals surface area contributed by atoms with Gasteiger partial charge in [0.15, 0.2) is 9.84 Å². The second kappa shape index (κ2) is 7.57. The molecule has 140 valence electrons. The summed E-state index contributed by atoms with van der Waals surface area (Å²) in [5.74, 6) is 0.236. The Morgan fingerprint density at radius 1 is 1.21 bits per heavy atom. The molecule has 2 aliphatic rings. The fourth-order valence-corrected chi connectivity index (χ4v) is 4.95. The Bertz CT molecular complexity index is 545. The number of piperazine rings is 1. The lowest BCUT2D eigenvalue weighted by atomic mass is 10.2. The van der Waals surface area contributed by atoms with Crippen molar-refractivity contribution in [3.63, 3.8) is 0 Å². The van der Waals surface area contributed by atoms with Crippen molar-refractivity contribution in [3.05, 3.63) is 0 Å². The van der Waals surface area contributed by atoms with Gasteiger partial charge in [-0.15, -0.1) is 0 Å². The van der Waals surface area contributed by atoms with Gasteiger partial charge in [0, 0.05) is 45.2 Å². The highest BCUT2D eigenvalue weighted by Gasteiger charge is 2.33. The van der Waals surface area contributed by atoms with Crippen molar-refractivity contribution >= 4 is 15.7 Å². The molecule has 2 saturated heterocycles. The second-order valence-corrected chi connectivity index (χ2v) is 8.79. The third-order valence-electron chi connectivity index (χ3n) is 4.64. The Morgan fingerprint density at radius 3 is 2.33 bits per heavy atom. The second-order valence-electron chi connectivity index (χ2n) is 6.56. The minimum Gasteiger partial charge on any atom is -0.340 e. The monoisotopic (exact) mass is 371 g/mol. The van der Waals surface area contributed by atoms with Gasteiger partial charge in [-0.25, -0.2) is 8.42 Å². The third-order valence-corrected chi connectivity index (χ3v) is 6.39. The predicted octanol–water partition coefficient (Wildman–Crippen LogP) is 0.202. The number of hydrogen-bond acceptors (Lipinski definition) is 5. The Kier molecular flexibility index (Phi) is 6.14. The summed E-state index contributed by atoms with van der Waals surface area (Å²) in [6.45, 7) is 0.576. The van der Waals surface area contributed by atoms with Gasteiger partial charge in [-0.05, 0) is 13.5 Å². The van der Waals surface area contributed by atoms with E-state index in [1.165, 1.54) is 4.90 Å². The Hall–Kier alpha value is -0.870. The molecule has 2 rings (SSSR count). The summed E-state index contributed by atoms with van der Waals surface area (Å²) in [4.78, 5) is 17.0. The van der Waals surface area contributed by atoms with E-state index in [0.717, 1.165) is 0 Å². The van der Waals surface area contributed by atoms with E-state index in [9.17, 15) is 26.4 Å². The molecule has 0 radical (unpaired) electrons. The maximum atomic E-state index is 12.3. The van der Waals surface area contributed by atoms with Gasteiger partial charge in [0.25, 0.3) is 0 Å². The van der Waals surface area contributed by atoms with E-state index in [1.807, 2.05) is 4.90 Å². The van der Waals surface area contributed by atoms with Crippen LogP contribution in [0.4, 0.5) is 13.2 Å². The molecule has 1 atom stereocenters. The van der Waals surface area contributed by atoms with E-state index >= 15 is 0 Å². The van der Waals surface area contributed by atoms with Crippen LogP contribution < -0.4 is 0 Å². The molecule has 0 aromatic rings. The van der Waals surface area contributed by atoms with Gasteiger partial charge in [0.1, 0.15) is 0 Å². The van der Waals surface area contributed by atoms with E-state index in [1.54, 1.807) is 11.9 Å². The molecule has 0 aromatic carbocycles. The number of halogens is 3. The molecule has 0 bridgehead atoms. The molecular formula is C14H24F3N3O3S. The molecule has 6 nitrogen and oxygen atoms in total. The van der Waals surface area contributed by atoms with Crippen molar-refractivity contribution < 1.29 is 26.4 Å². The van der Waals surface area contributed by atoms with Crippen LogP contribution in [0.5, 0.6) is 0 Å². The van der Waals surface area contributed by atoms with Gasteiger partial charge >= 0.3 is 6.18 Å². The average molecular weight is 371 g/mol. The lowest BCUT2D eigenvalue weighted by Gasteiger charge is -2.35. The van der Waals surface area contributed by atoms with Crippen LogP contribution in [0.2, 0.25) is 0 Å². The Morgan fingerprint density at radius 2 is 1.83 bits per heavy atom. The van der Waals surface area contributed by atoms with Crippen molar-refractivity contribution in [1.82, 2.24) is 14.7 Å². The van der Waals surface area contributed by atoms with E-state index in [0.29, 0.717) is 26.1 Å². The van der Waals surface area contributed by atoms with Crippen LogP contribution in [0.25, 0.3) is 0 Å². The Labute approximate surface area is 140 Å². The summed E-state index contributed by atoms with van der Waals surface area (Å²) in [6, 6.07) is -0.0496. The largest absolute Gasteiger partial charge is 0.401 e. The van der Waals surface area contributed by atoms with E-state index < -0.39 is 22.6 Å². The first-order valence-electron chi connectivity index (χ1n) is 8.03. The van der Waals surface area contributed by atoms with Gasteiger partial charge in [-0.1, -0.05) is 0 Å². The smallest absolute Gasteiger partial charge is 0.340 e. The zero-order valence-corrected chi connectivity index (χ0v) is 14.6. The summed E-state index contributed by atoms with van der Waals surface area (Å²) in [6.07, 6.45) is -3.37. The molecule has 2 aliphatic heterocycles. The number of nitrogens with zero attached hydrogens (tertiary/aromatic N) is 3. The number of sulfone groups is 1. The minimum atomic E-state index is -4.21. The Balaban J connectivity index is 1.70. The van der Waals surface area contributed by atoms with Crippen LogP contribution in [-0.2, 0) is 14.6 Å². The number of carbonyl (C=O) groups excluding carboxylic acids is 1. The zero-order valence-electron chi connectivity index (χ0n) is 13.8. The maximum absolute atomic E-state index is 12.3. The van der Waals surface area contributed by atoms with Crippen LogP contribution in [0.3, 0.4) is 0 Å². The fourth-order valence-electron chi connectivity index (χ4n) is 3.14. The standard InChI is InChI=1S/C14H24F3N3O3S/c1-18(12-3-9-24(22,23)10-12)4-2-13(21)20-7-5-19(6-8-20)11-14(15,16)17/h12H,2-11H2,1H3. The number of rotatable bonds is 5. The van der Waals surface area contributed by atoms with Crippen molar-refractivity contribution in [3.8, 4) is 0 Å². The molecule has 0 saturated carbocycles. The molecule has 0 spiro atoms. The first-order valence-corrected chi connectivity index (χ1v) is 9.85. The molecule has 2 heterocycles. The average Bonchev–Trinajstić information content (AvgIpc) is 2.84. The lowest BCUT2D eigenvalue weighted by molar-refractivity contribution is -0.151. The zero-order chi connectivity index (χ0) is 18.0. The maximum Gasteiger partial charge on any atom is 0.401 e. The van der Waals surface area contributed by atoms with Crippen LogP contribution in [0.1, 0.15) is 12.8 Å². The SMILES string of the molecule is CN(CCC(=O)N1CCN(CC(F)(F)F)CC1)C1CCS(=O)(=O)C1. The van der Waals surface area contributed by atoms with Gasteiger partial charge in [-0.2, -0.15) is 13.2 Å². The number of hydrogen-bond donors (Lipinski definition) is 0. The summed E-state index contributed by atoms with van der Waals surface area (Å²) >= 11 is 0. The summed E-state index contributed by atoms with van der Waals surface area (Å²) in [5.41, 5.74) is 0. The van der Waals surface area contributed by atoms with Crippen molar-refractivity contribution in [2.45, 2.75) is 25.1 Å². The highest BCUT2D eigenvalue weighted by Crippen LogP contribution is 2.18. The highest BCUT2D eigenvalue weighted by atomic mass is 32.2. The minimum absolute atomic E-state index is 0.0496. The summed E-state index contributed by atoms with van der Waals surface area (Å²) < 4.78 is 60.0. The summed E-state index contributed by atoms with van der Waals surface area (Å²) in [7, 11) is -1.15. The lowest BCUT2D eigenvalue weighted by Crippen LogP contribution is -2.51. The molecule has 2 fully saturated rings. The van der Waals surface area contributed by atoms with E-state index in [2.05, 4.69) is 0 Å². The molecule has 24 heavy (non-hydrogen) atoms. The first-order chi connectivity index (χ1) is 11.1. The molecule has 10 heteroatoms. The molecule has 0 N–H and O–H groups in total. The normalized spacial score (nSPS) is 25.4. The van der Waals surface area contributed by atoms with Gasteiger partial charge in [-0.3, -0.25) is 9.69 Å². The number of carbonyl (C=O) groups is 1. The molecule has 1 amide bonds. The van der Waals surface area contributed by atoms with Crippen molar-refractivity contribution in [1.29, 1.82) is 0 Å². The van der Waals surface area contributed by atoms with Crippen molar-refractivity contribution in [2.24, 2.45) is 0 Å². The molecule has 0 aromatic heterocycles. The van der Waals surface area contributed by atoms with E-state index in [4.69, 9.17) is 0 Å². The number of amides is 1. The molecule has 1 unspecified atom stereocenters. The molecular weight excluding hydrogens is 347 g/mol. The van der Waals surface area contributed by atoms with Crippen LogP contribution >= 0.6 is 0 Å². The number of alkyl halides is 3. The van der Waals surface area contributed by atoms with Crippen molar-refractivity contribution in [2.75, 3.05) is 57.8 Å². The van der Waals surface area contributed by atoms with E-state index in [-0.39, 0.29) is 43.0 Å². The predicted molar refractivity (Wildman–Crippen MR) is 83.4 cm³/mol. The van der Waals surface area contributed by atoms with Crippen LogP contribution in [0.15, 0.2) is 0 Å². The van der Waals surface area contributed by atoms with Gasteiger partial charge < -0.3 is 9.80 Å². The van der Waals surface area contributed by atoms with Gasteiger partial charge in [0.05, 0.1) is 18.1 Å².